The lowest BCUT2D eigenvalue weighted by atomic mass is 10.1. The van der Waals surface area contributed by atoms with E-state index < -0.39 is 8.32 Å². The van der Waals surface area contributed by atoms with Gasteiger partial charge in [0.2, 0.25) is 0 Å². The molecule has 0 aliphatic heterocycles. The minimum atomic E-state index is -1.67. The first-order valence-corrected chi connectivity index (χ1v) is 10.2. The highest BCUT2D eigenvalue weighted by atomic mass is 28.4. The lowest BCUT2D eigenvalue weighted by molar-refractivity contribution is 0.272. The van der Waals surface area contributed by atoms with Gasteiger partial charge in [0, 0.05) is 6.61 Å². The van der Waals surface area contributed by atoms with Crippen LogP contribution in [0.4, 0.5) is 0 Å². The molecule has 1 rings (SSSR count). The molecule has 0 aromatic heterocycles. The maximum absolute atomic E-state index is 6.57. The Morgan fingerprint density at radius 3 is 1.80 bits per heavy atom. The predicted molar refractivity (Wildman–Crippen MR) is 91.8 cm³/mol. The van der Waals surface area contributed by atoms with Crippen LogP contribution in [0.3, 0.4) is 0 Å². The van der Waals surface area contributed by atoms with Gasteiger partial charge in [-0.1, -0.05) is 71.9 Å². The topological polar surface area (TPSA) is 9.23 Å². The average molecular weight is 293 g/mol. The third kappa shape index (κ3) is 4.19. The molecule has 0 fully saturated rings. The Bertz CT molecular complexity index is 348. The largest absolute Gasteiger partial charge is 0.416 e. The molecule has 1 nitrogen and oxygen atoms in total. The molecule has 0 atom stereocenters. The molecule has 0 saturated heterocycles. The van der Waals surface area contributed by atoms with Crippen LogP contribution < -0.4 is 0 Å². The van der Waals surface area contributed by atoms with Gasteiger partial charge in [-0.2, -0.15) is 0 Å². The second-order valence-electron chi connectivity index (χ2n) is 6.76. The van der Waals surface area contributed by atoms with Gasteiger partial charge in [0.1, 0.15) is 0 Å². The highest BCUT2D eigenvalue weighted by molar-refractivity contribution is 6.77. The number of benzene rings is 1. The molecule has 0 saturated carbocycles. The summed E-state index contributed by atoms with van der Waals surface area (Å²) in [5.74, 6) is 0. The van der Waals surface area contributed by atoms with E-state index in [0.29, 0.717) is 16.6 Å². The Kier molecular flexibility index (Phi) is 6.97. The maximum Gasteiger partial charge on any atom is 0.200 e. The Balaban J connectivity index is 2.55. The van der Waals surface area contributed by atoms with Crippen LogP contribution in [0.2, 0.25) is 16.6 Å². The minimum absolute atomic E-state index is 0.680. The van der Waals surface area contributed by atoms with E-state index in [0.717, 1.165) is 19.4 Å². The molecule has 1 aromatic carbocycles. The molecule has 114 valence electrons. The molecular formula is C18H32OSi. The smallest absolute Gasteiger partial charge is 0.200 e. The Morgan fingerprint density at radius 2 is 1.35 bits per heavy atom. The first-order valence-electron chi connectivity index (χ1n) is 8.09. The summed E-state index contributed by atoms with van der Waals surface area (Å²) >= 11 is 0. The molecule has 0 aliphatic rings. The van der Waals surface area contributed by atoms with Crippen molar-refractivity contribution in [1.82, 2.24) is 0 Å². The van der Waals surface area contributed by atoms with Crippen molar-refractivity contribution >= 4 is 8.32 Å². The monoisotopic (exact) mass is 292 g/mol. The van der Waals surface area contributed by atoms with Crippen molar-refractivity contribution in [3.05, 3.63) is 35.9 Å². The number of aryl methyl sites for hydroxylation is 1. The lowest BCUT2D eigenvalue weighted by Gasteiger charge is -2.42. The molecule has 0 aliphatic carbocycles. The predicted octanol–water partition coefficient (Wildman–Crippen LogP) is 5.81. The van der Waals surface area contributed by atoms with Gasteiger partial charge < -0.3 is 4.43 Å². The van der Waals surface area contributed by atoms with Gasteiger partial charge in [0.25, 0.3) is 0 Å². The van der Waals surface area contributed by atoms with Gasteiger partial charge >= 0.3 is 0 Å². The van der Waals surface area contributed by atoms with Gasteiger partial charge in [0.05, 0.1) is 0 Å². The summed E-state index contributed by atoms with van der Waals surface area (Å²) in [5.41, 5.74) is 3.46. The van der Waals surface area contributed by atoms with E-state index in [2.05, 4.69) is 71.9 Å². The van der Waals surface area contributed by atoms with Crippen LogP contribution >= 0.6 is 0 Å². The van der Waals surface area contributed by atoms with Crippen molar-refractivity contribution in [2.45, 2.75) is 71.0 Å². The molecule has 1 aromatic rings. The molecule has 20 heavy (non-hydrogen) atoms. The molecule has 0 bridgehead atoms. The third-order valence-corrected chi connectivity index (χ3v) is 10.6. The van der Waals surface area contributed by atoms with Crippen molar-refractivity contribution in [2.75, 3.05) is 6.61 Å². The summed E-state index contributed by atoms with van der Waals surface area (Å²) in [6.45, 7) is 15.0. The molecule has 0 radical (unpaired) electrons. The van der Waals surface area contributed by atoms with Gasteiger partial charge in [-0.3, -0.25) is 0 Å². The van der Waals surface area contributed by atoms with Crippen LogP contribution in [-0.4, -0.2) is 14.9 Å². The van der Waals surface area contributed by atoms with E-state index in [1.165, 1.54) is 5.56 Å². The molecule has 2 heteroatoms. The summed E-state index contributed by atoms with van der Waals surface area (Å²) in [7, 11) is -1.67. The average Bonchev–Trinajstić information content (AvgIpc) is 2.38. The third-order valence-electron chi connectivity index (χ3n) is 4.51. The fourth-order valence-electron chi connectivity index (χ4n) is 3.67. The van der Waals surface area contributed by atoms with Crippen molar-refractivity contribution in [2.24, 2.45) is 0 Å². The van der Waals surface area contributed by atoms with E-state index in [-0.39, 0.29) is 0 Å². The van der Waals surface area contributed by atoms with Gasteiger partial charge in [-0.15, -0.1) is 0 Å². The van der Waals surface area contributed by atoms with E-state index in [1.807, 2.05) is 0 Å². The summed E-state index contributed by atoms with van der Waals surface area (Å²) < 4.78 is 6.57. The number of hydrogen-bond acceptors (Lipinski definition) is 1. The van der Waals surface area contributed by atoms with Gasteiger partial charge in [-0.25, -0.2) is 0 Å². The highest BCUT2D eigenvalue weighted by Crippen LogP contribution is 2.42. The van der Waals surface area contributed by atoms with Crippen molar-refractivity contribution in [1.29, 1.82) is 0 Å². The summed E-state index contributed by atoms with van der Waals surface area (Å²) in [5, 5.41) is 0. The van der Waals surface area contributed by atoms with E-state index >= 15 is 0 Å². The fourth-order valence-corrected chi connectivity index (χ4v) is 9.17. The number of hydrogen-bond donors (Lipinski definition) is 0. The zero-order chi connectivity index (χ0) is 15.2. The second-order valence-corrected chi connectivity index (χ2v) is 12.2. The van der Waals surface area contributed by atoms with E-state index in [4.69, 9.17) is 4.43 Å². The quantitative estimate of drug-likeness (QED) is 0.434. The Hall–Kier alpha value is -0.603. The molecular weight excluding hydrogens is 260 g/mol. The molecule has 0 N–H and O–H groups in total. The van der Waals surface area contributed by atoms with Crippen LogP contribution in [0.15, 0.2) is 30.3 Å². The molecule has 0 heterocycles. The fraction of sp³-hybridized carbons (Fsp3) is 0.667. The first kappa shape index (κ1) is 17.4. The van der Waals surface area contributed by atoms with Crippen LogP contribution in [-0.2, 0) is 10.8 Å². The summed E-state index contributed by atoms with van der Waals surface area (Å²) in [4.78, 5) is 0. The molecule has 0 unspecified atom stereocenters. The zero-order valence-electron chi connectivity index (χ0n) is 14.1. The highest BCUT2D eigenvalue weighted by Gasteiger charge is 2.44. The van der Waals surface area contributed by atoms with E-state index in [1.54, 1.807) is 0 Å². The van der Waals surface area contributed by atoms with Crippen LogP contribution in [0.25, 0.3) is 0 Å². The van der Waals surface area contributed by atoms with E-state index in [9.17, 15) is 0 Å². The van der Waals surface area contributed by atoms with Crippen molar-refractivity contribution < 1.29 is 4.43 Å². The second kappa shape index (κ2) is 7.99. The van der Waals surface area contributed by atoms with Crippen LogP contribution in [0.5, 0.6) is 0 Å². The summed E-state index contributed by atoms with van der Waals surface area (Å²) in [6.07, 6.45) is 2.25. The normalized spacial score (nSPS) is 12.7. The minimum Gasteiger partial charge on any atom is -0.416 e. The molecule has 0 spiro atoms. The van der Waals surface area contributed by atoms with Gasteiger partial charge in [0.15, 0.2) is 8.32 Å². The SMILES string of the molecule is CC(C)[Si](OCCCc1ccccc1)(C(C)C)C(C)C. The van der Waals surface area contributed by atoms with Crippen LogP contribution in [0, 0.1) is 0 Å². The Morgan fingerprint density at radius 1 is 0.850 bits per heavy atom. The van der Waals surface area contributed by atoms with Crippen molar-refractivity contribution in [3.63, 3.8) is 0 Å². The molecule has 0 amide bonds. The number of rotatable bonds is 8. The Labute approximate surface area is 126 Å². The zero-order valence-corrected chi connectivity index (χ0v) is 15.1. The maximum atomic E-state index is 6.57. The van der Waals surface area contributed by atoms with Crippen LogP contribution in [0.1, 0.15) is 53.5 Å². The standard InChI is InChI=1S/C18H32OSi/c1-15(2)20(16(3)4,17(5)6)19-14-10-13-18-11-8-7-9-12-18/h7-9,11-12,15-17H,10,13-14H2,1-6H3. The van der Waals surface area contributed by atoms with Crippen molar-refractivity contribution in [3.8, 4) is 0 Å². The van der Waals surface area contributed by atoms with Gasteiger partial charge in [-0.05, 0) is 35.0 Å². The lowest BCUT2D eigenvalue weighted by Crippen LogP contribution is -2.48. The first-order chi connectivity index (χ1) is 9.41. The summed E-state index contributed by atoms with van der Waals surface area (Å²) in [6, 6.07) is 10.7.